The fraction of sp³-hybridized carbons (Fsp3) is 0.278. The van der Waals surface area contributed by atoms with E-state index in [0.29, 0.717) is 17.1 Å². The minimum Gasteiger partial charge on any atom is -0.388 e. The summed E-state index contributed by atoms with van der Waals surface area (Å²) in [4.78, 5) is 12.2. The van der Waals surface area contributed by atoms with Crippen LogP contribution in [0.5, 0.6) is 0 Å². The predicted octanol–water partition coefficient (Wildman–Crippen LogP) is 3.58. The van der Waals surface area contributed by atoms with Gasteiger partial charge >= 0.3 is 0 Å². The Morgan fingerprint density at radius 1 is 1.14 bits per heavy atom. The molecule has 0 spiro atoms. The van der Waals surface area contributed by atoms with Crippen molar-refractivity contribution in [3.05, 3.63) is 70.7 Å². The second-order valence-corrected chi connectivity index (χ2v) is 6.30. The molecule has 0 bridgehead atoms. The van der Waals surface area contributed by atoms with Crippen molar-refractivity contribution in [2.75, 3.05) is 6.54 Å². The van der Waals surface area contributed by atoms with Crippen molar-refractivity contribution in [2.24, 2.45) is 5.41 Å². The van der Waals surface area contributed by atoms with Crippen molar-refractivity contribution in [3.8, 4) is 0 Å². The van der Waals surface area contributed by atoms with Crippen LogP contribution in [0.2, 0.25) is 5.02 Å². The summed E-state index contributed by atoms with van der Waals surface area (Å²) in [7, 11) is 0. The molecule has 1 unspecified atom stereocenters. The number of benzene rings is 2. The lowest BCUT2D eigenvalue weighted by atomic mass is 9.92. The maximum atomic E-state index is 12.2. The third-order valence-electron chi connectivity index (χ3n) is 4.30. The average Bonchev–Trinajstić information content (AvgIpc) is 3.34. The van der Waals surface area contributed by atoms with Gasteiger partial charge in [0.15, 0.2) is 0 Å². The van der Waals surface area contributed by atoms with Gasteiger partial charge in [-0.15, -0.1) is 0 Å². The van der Waals surface area contributed by atoms with E-state index in [9.17, 15) is 9.90 Å². The molecule has 1 aliphatic carbocycles. The number of halogens is 1. The van der Waals surface area contributed by atoms with Gasteiger partial charge in [0.1, 0.15) is 0 Å². The van der Waals surface area contributed by atoms with Gasteiger partial charge in [0.25, 0.3) is 5.91 Å². The molecule has 1 aliphatic rings. The molecule has 0 aliphatic heterocycles. The Labute approximate surface area is 134 Å². The largest absolute Gasteiger partial charge is 0.388 e. The normalized spacial score (nSPS) is 16.8. The van der Waals surface area contributed by atoms with Crippen LogP contribution < -0.4 is 5.32 Å². The van der Waals surface area contributed by atoms with E-state index in [1.165, 1.54) is 0 Å². The highest BCUT2D eigenvalue weighted by atomic mass is 35.5. The molecular formula is C18H18ClNO2. The molecule has 2 aromatic carbocycles. The molecule has 114 valence electrons. The van der Waals surface area contributed by atoms with Crippen LogP contribution in [0.4, 0.5) is 0 Å². The molecule has 1 saturated carbocycles. The molecule has 0 radical (unpaired) electrons. The van der Waals surface area contributed by atoms with Crippen LogP contribution in [0.15, 0.2) is 54.6 Å². The molecule has 0 aromatic heterocycles. The van der Waals surface area contributed by atoms with Crippen molar-refractivity contribution in [1.82, 2.24) is 5.32 Å². The Morgan fingerprint density at radius 2 is 1.77 bits per heavy atom. The van der Waals surface area contributed by atoms with E-state index in [2.05, 4.69) is 5.32 Å². The summed E-state index contributed by atoms with van der Waals surface area (Å²) in [5, 5.41) is 14.1. The molecule has 4 heteroatoms. The van der Waals surface area contributed by atoms with Crippen LogP contribution in [0.1, 0.15) is 34.9 Å². The van der Waals surface area contributed by atoms with Gasteiger partial charge in [0.05, 0.1) is 6.10 Å². The molecule has 3 nitrogen and oxygen atoms in total. The van der Waals surface area contributed by atoms with Gasteiger partial charge in [-0.3, -0.25) is 4.79 Å². The number of amides is 1. The number of nitrogens with one attached hydrogen (secondary N) is 1. The zero-order chi connectivity index (χ0) is 15.6. The van der Waals surface area contributed by atoms with Crippen LogP contribution in [-0.4, -0.2) is 17.6 Å². The van der Waals surface area contributed by atoms with Gasteiger partial charge in [0, 0.05) is 22.5 Å². The standard InChI is InChI=1S/C18H18ClNO2/c19-15-8-6-14(7-9-15)17(22)20-12-18(10-11-18)16(21)13-4-2-1-3-5-13/h1-9,16,21H,10-12H2,(H,20,22). The van der Waals surface area contributed by atoms with Crippen LogP contribution in [0.25, 0.3) is 0 Å². The lowest BCUT2D eigenvalue weighted by Crippen LogP contribution is -2.33. The molecule has 1 atom stereocenters. The number of carbonyl (C=O) groups is 1. The average molecular weight is 316 g/mol. The number of rotatable bonds is 5. The molecule has 2 N–H and O–H groups in total. The lowest BCUT2D eigenvalue weighted by molar-refractivity contribution is 0.0808. The smallest absolute Gasteiger partial charge is 0.251 e. The number of aliphatic hydroxyl groups excluding tert-OH is 1. The second-order valence-electron chi connectivity index (χ2n) is 5.87. The minimum absolute atomic E-state index is 0.136. The summed E-state index contributed by atoms with van der Waals surface area (Å²) in [6.45, 7) is 0.477. The Bertz CT molecular complexity index is 651. The summed E-state index contributed by atoms with van der Waals surface area (Å²) in [6, 6.07) is 16.4. The van der Waals surface area contributed by atoms with Crippen LogP contribution in [-0.2, 0) is 0 Å². The van der Waals surface area contributed by atoms with Crippen molar-refractivity contribution < 1.29 is 9.90 Å². The molecule has 2 aromatic rings. The van der Waals surface area contributed by atoms with Gasteiger partial charge in [-0.1, -0.05) is 41.9 Å². The molecule has 1 fully saturated rings. The summed E-state index contributed by atoms with van der Waals surface area (Å²) in [6.07, 6.45) is 1.30. The lowest BCUT2D eigenvalue weighted by Gasteiger charge is -2.23. The van der Waals surface area contributed by atoms with Crippen LogP contribution in [0, 0.1) is 5.41 Å². The van der Waals surface area contributed by atoms with Gasteiger partial charge in [-0.05, 0) is 42.7 Å². The highest BCUT2D eigenvalue weighted by Crippen LogP contribution is 2.54. The zero-order valence-corrected chi connectivity index (χ0v) is 12.9. The van der Waals surface area contributed by atoms with E-state index in [-0.39, 0.29) is 11.3 Å². The molecule has 22 heavy (non-hydrogen) atoms. The quantitative estimate of drug-likeness (QED) is 0.886. The molecule has 0 saturated heterocycles. The van der Waals surface area contributed by atoms with Crippen molar-refractivity contribution >= 4 is 17.5 Å². The van der Waals surface area contributed by atoms with Gasteiger partial charge in [0.2, 0.25) is 0 Å². The summed E-state index contributed by atoms with van der Waals surface area (Å²) >= 11 is 5.82. The Morgan fingerprint density at radius 3 is 2.36 bits per heavy atom. The topological polar surface area (TPSA) is 49.3 Å². The number of hydrogen-bond acceptors (Lipinski definition) is 2. The highest BCUT2D eigenvalue weighted by molar-refractivity contribution is 6.30. The molecule has 0 heterocycles. The molecule has 1 amide bonds. The van der Waals surface area contributed by atoms with Crippen molar-refractivity contribution in [3.63, 3.8) is 0 Å². The van der Waals surface area contributed by atoms with E-state index >= 15 is 0 Å². The first-order valence-electron chi connectivity index (χ1n) is 7.37. The SMILES string of the molecule is O=C(NCC1(C(O)c2ccccc2)CC1)c1ccc(Cl)cc1. The first kappa shape index (κ1) is 15.1. The third kappa shape index (κ3) is 3.16. The van der Waals surface area contributed by atoms with Gasteiger partial charge in [-0.2, -0.15) is 0 Å². The van der Waals surface area contributed by atoms with E-state index in [0.717, 1.165) is 18.4 Å². The summed E-state index contributed by atoms with van der Waals surface area (Å²) < 4.78 is 0. The monoisotopic (exact) mass is 315 g/mol. The first-order chi connectivity index (χ1) is 10.6. The Balaban J connectivity index is 1.63. The maximum absolute atomic E-state index is 12.2. The van der Waals surface area contributed by atoms with E-state index < -0.39 is 6.10 Å². The molecule has 3 rings (SSSR count). The number of hydrogen-bond donors (Lipinski definition) is 2. The highest BCUT2D eigenvalue weighted by Gasteiger charge is 2.49. The van der Waals surface area contributed by atoms with Crippen molar-refractivity contribution in [1.29, 1.82) is 0 Å². The summed E-state index contributed by atoms with van der Waals surface area (Å²) in [5.41, 5.74) is 1.25. The Hall–Kier alpha value is -1.84. The van der Waals surface area contributed by atoms with Gasteiger partial charge in [-0.25, -0.2) is 0 Å². The first-order valence-corrected chi connectivity index (χ1v) is 7.75. The molecular weight excluding hydrogens is 298 g/mol. The maximum Gasteiger partial charge on any atom is 0.251 e. The number of carbonyl (C=O) groups excluding carboxylic acids is 1. The minimum atomic E-state index is -0.542. The van der Waals surface area contributed by atoms with E-state index in [1.54, 1.807) is 24.3 Å². The Kier molecular flexibility index (Phi) is 4.19. The summed E-state index contributed by atoms with van der Waals surface area (Å²) in [5.74, 6) is -0.136. The predicted molar refractivity (Wildman–Crippen MR) is 86.9 cm³/mol. The zero-order valence-electron chi connectivity index (χ0n) is 12.1. The fourth-order valence-electron chi connectivity index (χ4n) is 2.66. The fourth-order valence-corrected chi connectivity index (χ4v) is 2.78. The second kappa shape index (κ2) is 6.11. The van der Waals surface area contributed by atoms with Crippen LogP contribution >= 0.6 is 11.6 Å². The van der Waals surface area contributed by atoms with Crippen molar-refractivity contribution in [2.45, 2.75) is 18.9 Å². The van der Waals surface area contributed by atoms with E-state index in [1.807, 2.05) is 30.3 Å². The third-order valence-corrected chi connectivity index (χ3v) is 4.55. The van der Waals surface area contributed by atoms with E-state index in [4.69, 9.17) is 11.6 Å². The van der Waals surface area contributed by atoms with Crippen LogP contribution in [0.3, 0.4) is 0 Å². The van der Waals surface area contributed by atoms with Gasteiger partial charge < -0.3 is 10.4 Å². The number of aliphatic hydroxyl groups is 1.